The van der Waals surface area contributed by atoms with E-state index in [4.69, 9.17) is 5.73 Å². The Balaban J connectivity index is 2.24. The van der Waals surface area contributed by atoms with Gasteiger partial charge >= 0.3 is 0 Å². The number of carbonyl (C=O) groups excluding carboxylic acids is 1. The second-order valence-electron chi connectivity index (χ2n) is 3.25. The van der Waals surface area contributed by atoms with E-state index in [9.17, 15) is 4.79 Å². The van der Waals surface area contributed by atoms with Crippen molar-refractivity contribution in [1.82, 2.24) is 10.3 Å². The zero-order valence-electron chi connectivity index (χ0n) is 8.78. The molecule has 2 aromatic rings. The summed E-state index contributed by atoms with van der Waals surface area (Å²) in [5, 5.41) is 5.50. The van der Waals surface area contributed by atoms with Crippen molar-refractivity contribution >= 4 is 38.8 Å². The normalized spacial score (nSPS) is 10.3. The smallest absolute Gasteiger partial charge is 0.239 e. The third kappa shape index (κ3) is 1.92. The number of nitrogens with one attached hydrogen (secondary N) is 2. The Morgan fingerprint density at radius 3 is 3.12 bits per heavy atom. The van der Waals surface area contributed by atoms with Gasteiger partial charge in [0, 0.05) is 7.05 Å². The van der Waals surface area contributed by atoms with E-state index in [0.717, 1.165) is 15.9 Å². The molecular formula is C10H12N4OS. The highest BCUT2D eigenvalue weighted by Gasteiger charge is 2.07. The molecule has 5 nitrogen and oxygen atoms in total. The molecule has 1 aromatic heterocycles. The monoisotopic (exact) mass is 236 g/mol. The van der Waals surface area contributed by atoms with E-state index in [1.54, 1.807) is 23.9 Å². The number of likely N-dealkylation sites (N-methyl/N-ethyl adjacent to an activating group) is 1. The minimum Gasteiger partial charge on any atom is -0.395 e. The van der Waals surface area contributed by atoms with Crippen LogP contribution in [-0.2, 0) is 4.79 Å². The summed E-state index contributed by atoms with van der Waals surface area (Å²) in [6.07, 6.45) is 0. The lowest BCUT2D eigenvalue weighted by Gasteiger charge is -2.08. The number of anilines is 2. The lowest BCUT2D eigenvalue weighted by atomic mass is 10.2. The second-order valence-corrected chi connectivity index (χ2v) is 4.14. The van der Waals surface area contributed by atoms with Crippen LogP contribution in [0.2, 0.25) is 0 Å². The van der Waals surface area contributed by atoms with Crippen LogP contribution >= 0.6 is 11.3 Å². The Morgan fingerprint density at radius 1 is 1.56 bits per heavy atom. The molecule has 0 aliphatic heterocycles. The molecule has 0 spiro atoms. The van der Waals surface area contributed by atoms with Crippen LogP contribution < -0.4 is 16.4 Å². The van der Waals surface area contributed by atoms with Crippen molar-refractivity contribution in [2.24, 2.45) is 0 Å². The maximum absolute atomic E-state index is 11.1. The molecule has 1 amide bonds. The first-order chi connectivity index (χ1) is 7.72. The summed E-state index contributed by atoms with van der Waals surface area (Å²) >= 11 is 1.54. The van der Waals surface area contributed by atoms with E-state index in [1.165, 1.54) is 0 Å². The number of nitrogen functional groups attached to an aromatic ring is 1. The molecule has 0 unspecified atom stereocenters. The van der Waals surface area contributed by atoms with Crippen molar-refractivity contribution in [3.8, 4) is 0 Å². The first-order valence-corrected chi connectivity index (χ1v) is 5.66. The van der Waals surface area contributed by atoms with E-state index in [-0.39, 0.29) is 12.5 Å². The van der Waals surface area contributed by atoms with Crippen molar-refractivity contribution < 1.29 is 4.79 Å². The summed E-state index contributed by atoms with van der Waals surface area (Å²) in [6.45, 7) is 0.205. The minimum atomic E-state index is -0.0854. The molecule has 0 fully saturated rings. The number of amides is 1. The third-order valence-electron chi connectivity index (χ3n) is 2.26. The van der Waals surface area contributed by atoms with Gasteiger partial charge in [-0.25, -0.2) is 4.98 Å². The first kappa shape index (κ1) is 10.7. The zero-order valence-corrected chi connectivity index (χ0v) is 9.60. The topological polar surface area (TPSA) is 80.0 Å². The molecule has 1 aromatic carbocycles. The van der Waals surface area contributed by atoms with E-state index in [0.29, 0.717) is 5.69 Å². The molecule has 0 saturated carbocycles. The Bertz CT molecular complexity index is 523. The Labute approximate surface area is 96.7 Å². The van der Waals surface area contributed by atoms with Crippen molar-refractivity contribution in [2.45, 2.75) is 0 Å². The highest BCUT2D eigenvalue weighted by Crippen LogP contribution is 2.29. The molecule has 16 heavy (non-hydrogen) atoms. The molecule has 6 heteroatoms. The molecule has 1 heterocycles. The predicted octanol–water partition coefficient (Wildman–Crippen LogP) is 1.04. The van der Waals surface area contributed by atoms with Gasteiger partial charge in [0.25, 0.3) is 0 Å². The lowest BCUT2D eigenvalue weighted by molar-refractivity contribution is -0.118. The van der Waals surface area contributed by atoms with E-state index in [2.05, 4.69) is 15.6 Å². The van der Waals surface area contributed by atoms with Crippen LogP contribution in [0.1, 0.15) is 0 Å². The fourth-order valence-corrected chi connectivity index (χ4v) is 2.06. The van der Waals surface area contributed by atoms with Crippen LogP contribution in [0.25, 0.3) is 10.2 Å². The summed E-state index contributed by atoms with van der Waals surface area (Å²) in [4.78, 5) is 15.3. The van der Waals surface area contributed by atoms with Crippen molar-refractivity contribution in [3.05, 3.63) is 17.6 Å². The maximum atomic E-state index is 11.1. The van der Waals surface area contributed by atoms with Crippen LogP contribution in [0, 0.1) is 0 Å². The molecule has 4 N–H and O–H groups in total. The largest absolute Gasteiger partial charge is 0.395 e. The second kappa shape index (κ2) is 4.36. The molecule has 84 valence electrons. The molecule has 0 aliphatic carbocycles. The van der Waals surface area contributed by atoms with Crippen LogP contribution in [0.3, 0.4) is 0 Å². The van der Waals surface area contributed by atoms with Gasteiger partial charge in [-0.05, 0) is 12.1 Å². The van der Waals surface area contributed by atoms with E-state index >= 15 is 0 Å². The van der Waals surface area contributed by atoms with Gasteiger partial charge in [0.2, 0.25) is 5.91 Å². The highest BCUT2D eigenvalue weighted by molar-refractivity contribution is 7.16. The minimum absolute atomic E-state index is 0.0854. The van der Waals surface area contributed by atoms with Crippen molar-refractivity contribution in [2.75, 3.05) is 24.6 Å². The first-order valence-electron chi connectivity index (χ1n) is 4.78. The number of hydrogen-bond donors (Lipinski definition) is 3. The van der Waals surface area contributed by atoms with Crippen LogP contribution in [0.15, 0.2) is 17.6 Å². The van der Waals surface area contributed by atoms with Crippen LogP contribution in [0.4, 0.5) is 11.4 Å². The van der Waals surface area contributed by atoms with Gasteiger partial charge in [-0.15, -0.1) is 11.3 Å². The number of nitrogens with zero attached hydrogens (tertiary/aromatic N) is 1. The number of rotatable bonds is 3. The summed E-state index contributed by atoms with van der Waals surface area (Å²) < 4.78 is 1.04. The number of thiazole rings is 1. The molecule has 0 saturated heterocycles. The number of benzene rings is 1. The number of carbonyl (C=O) groups is 1. The van der Waals surface area contributed by atoms with Gasteiger partial charge in [0.1, 0.15) is 5.52 Å². The van der Waals surface area contributed by atoms with Gasteiger partial charge in [0.05, 0.1) is 28.1 Å². The SMILES string of the molecule is CNC(=O)CNc1ccc2scnc2c1N. The number of nitrogens with two attached hydrogens (primary N) is 1. The molecule has 0 atom stereocenters. The lowest BCUT2D eigenvalue weighted by Crippen LogP contribution is -2.26. The highest BCUT2D eigenvalue weighted by atomic mass is 32.1. The van der Waals surface area contributed by atoms with Gasteiger partial charge in [-0.3, -0.25) is 4.79 Å². The standard InChI is InChI=1S/C10H12N4OS/c1-12-8(15)4-13-6-2-3-7-10(9(6)11)14-5-16-7/h2-3,5,13H,4,11H2,1H3,(H,12,15). The van der Waals surface area contributed by atoms with Gasteiger partial charge in [0.15, 0.2) is 0 Å². The van der Waals surface area contributed by atoms with Crippen LogP contribution in [0.5, 0.6) is 0 Å². The molecule has 0 radical (unpaired) electrons. The fraction of sp³-hybridized carbons (Fsp3) is 0.200. The Kier molecular flexibility index (Phi) is 2.91. The summed E-state index contributed by atoms with van der Waals surface area (Å²) in [6, 6.07) is 3.80. The average Bonchev–Trinajstić information content (AvgIpc) is 2.76. The van der Waals surface area contributed by atoms with Gasteiger partial charge in [-0.1, -0.05) is 0 Å². The van der Waals surface area contributed by atoms with E-state index < -0.39 is 0 Å². The quantitative estimate of drug-likeness (QED) is 0.695. The van der Waals surface area contributed by atoms with Crippen molar-refractivity contribution in [1.29, 1.82) is 0 Å². The molecular weight excluding hydrogens is 224 g/mol. The van der Waals surface area contributed by atoms with Crippen molar-refractivity contribution in [3.63, 3.8) is 0 Å². The predicted molar refractivity (Wildman–Crippen MR) is 66.6 cm³/mol. The zero-order chi connectivity index (χ0) is 11.5. The number of hydrogen-bond acceptors (Lipinski definition) is 5. The summed E-state index contributed by atoms with van der Waals surface area (Å²) in [5.41, 5.74) is 9.80. The number of aromatic nitrogens is 1. The summed E-state index contributed by atoms with van der Waals surface area (Å²) in [7, 11) is 1.59. The summed E-state index contributed by atoms with van der Waals surface area (Å²) in [5.74, 6) is -0.0854. The van der Waals surface area contributed by atoms with Crippen LogP contribution in [-0.4, -0.2) is 24.5 Å². The molecule has 0 aliphatic rings. The van der Waals surface area contributed by atoms with E-state index in [1.807, 2.05) is 12.1 Å². The Morgan fingerprint density at radius 2 is 2.38 bits per heavy atom. The Hall–Kier alpha value is -1.82. The molecule has 2 rings (SSSR count). The molecule has 0 bridgehead atoms. The fourth-order valence-electron chi connectivity index (χ4n) is 1.37. The average molecular weight is 236 g/mol. The van der Waals surface area contributed by atoms with Gasteiger partial charge < -0.3 is 16.4 Å². The maximum Gasteiger partial charge on any atom is 0.239 e. The third-order valence-corrected chi connectivity index (χ3v) is 3.05. The number of fused-ring (bicyclic) bond motifs is 1. The van der Waals surface area contributed by atoms with Gasteiger partial charge in [-0.2, -0.15) is 0 Å².